The van der Waals surface area contributed by atoms with Crippen LogP contribution in [0.5, 0.6) is 0 Å². The molecular formula is C9H17NO. The highest BCUT2D eigenvalue weighted by Gasteiger charge is 2.14. The lowest BCUT2D eigenvalue weighted by atomic mass is 9.98. The Balaban J connectivity index is 2.13. The van der Waals surface area contributed by atoms with Gasteiger partial charge in [-0.3, -0.25) is 0 Å². The highest BCUT2D eigenvalue weighted by molar-refractivity contribution is 4.97. The van der Waals surface area contributed by atoms with Gasteiger partial charge in [-0.1, -0.05) is 12.2 Å². The smallest absolute Gasteiger partial charge is 0.0468 e. The summed E-state index contributed by atoms with van der Waals surface area (Å²) in [5, 5.41) is 12.0. The van der Waals surface area contributed by atoms with Crippen LogP contribution in [0, 0.1) is 5.92 Å². The van der Waals surface area contributed by atoms with Crippen molar-refractivity contribution in [3.05, 3.63) is 12.2 Å². The van der Waals surface area contributed by atoms with Crippen LogP contribution in [0.3, 0.4) is 0 Å². The lowest BCUT2D eigenvalue weighted by Crippen LogP contribution is -2.09. The number of aliphatic hydroxyl groups is 1. The number of hydrogen-bond donors (Lipinski definition) is 2. The van der Waals surface area contributed by atoms with Gasteiger partial charge in [0.05, 0.1) is 0 Å². The zero-order chi connectivity index (χ0) is 8.10. The predicted octanol–water partition coefficient (Wildman–Crippen LogP) is 0.925. The average Bonchev–Trinajstić information content (AvgIpc) is 2.40. The second-order valence-electron chi connectivity index (χ2n) is 3.29. The molecule has 0 radical (unpaired) electrons. The molecule has 1 aliphatic rings. The Bertz CT molecular complexity index is 128. The van der Waals surface area contributed by atoms with Gasteiger partial charge < -0.3 is 10.4 Å². The van der Waals surface area contributed by atoms with Crippen molar-refractivity contribution in [1.29, 1.82) is 0 Å². The van der Waals surface area contributed by atoms with E-state index < -0.39 is 0 Å². The van der Waals surface area contributed by atoms with Gasteiger partial charge in [0.1, 0.15) is 0 Å². The number of nitrogens with one attached hydrogen (secondary N) is 1. The third kappa shape index (κ3) is 3.04. The van der Waals surface area contributed by atoms with Gasteiger partial charge in [0.25, 0.3) is 0 Å². The molecule has 2 nitrogen and oxygen atoms in total. The third-order valence-electron chi connectivity index (χ3n) is 2.21. The van der Waals surface area contributed by atoms with E-state index in [2.05, 4.69) is 11.9 Å². The maximum absolute atomic E-state index is 8.63. The summed E-state index contributed by atoms with van der Waals surface area (Å²) >= 11 is 0. The van der Waals surface area contributed by atoms with Gasteiger partial charge in [-0.2, -0.15) is 0 Å². The number of hydrogen-bond acceptors (Lipinski definition) is 2. The van der Waals surface area contributed by atoms with Gasteiger partial charge in [0, 0.05) is 6.61 Å². The molecule has 0 aromatic carbocycles. The summed E-state index contributed by atoms with van der Waals surface area (Å²) in [7, 11) is 0. The van der Waals surface area contributed by atoms with Crippen LogP contribution in [0.25, 0.3) is 0 Å². The van der Waals surface area contributed by atoms with Gasteiger partial charge in [0.15, 0.2) is 0 Å². The quantitative estimate of drug-likeness (QED) is 0.592. The minimum atomic E-state index is 0.249. The van der Waals surface area contributed by atoms with Crippen molar-refractivity contribution in [3.8, 4) is 0 Å². The summed E-state index contributed by atoms with van der Waals surface area (Å²) in [6.45, 7) is 6.45. The molecule has 1 heterocycles. The minimum absolute atomic E-state index is 0.249. The molecule has 0 amide bonds. The van der Waals surface area contributed by atoms with Gasteiger partial charge in [0.2, 0.25) is 0 Å². The summed E-state index contributed by atoms with van der Waals surface area (Å²) in [6, 6.07) is 0. The van der Waals surface area contributed by atoms with E-state index in [-0.39, 0.29) is 6.61 Å². The fourth-order valence-corrected chi connectivity index (χ4v) is 1.56. The van der Waals surface area contributed by atoms with Crippen molar-refractivity contribution < 1.29 is 5.11 Å². The van der Waals surface area contributed by atoms with E-state index in [0.29, 0.717) is 0 Å². The largest absolute Gasteiger partial charge is 0.396 e. The second-order valence-corrected chi connectivity index (χ2v) is 3.29. The molecule has 1 atom stereocenters. The highest BCUT2D eigenvalue weighted by atomic mass is 16.2. The molecule has 0 bridgehead atoms. The predicted molar refractivity (Wildman–Crippen MR) is 46.4 cm³/mol. The van der Waals surface area contributed by atoms with E-state index in [1.807, 2.05) is 0 Å². The van der Waals surface area contributed by atoms with Crippen molar-refractivity contribution in [2.24, 2.45) is 5.92 Å². The summed E-state index contributed by atoms with van der Waals surface area (Å²) in [6.07, 6.45) is 3.13. The summed E-state index contributed by atoms with van der Waals surface area (Å²) in [5.74, 6) is 0.772. The van der Waals surface area contributed by atoms with Crippen LogP contribution in [0.1, 0.15) is 19.3 Å². The van der Waals surface area contributed by atoms with Crippen LogP contribution in [-0.4, -0.2) is 24.8 Å². The Labute approximate surface area is 68.3 Å². The first-order valence-electron chi connectivity index (χ1n) is 4.31. The highest BCUT2D eigenvalue weighted by Crippen LogP contribution is 2.18. The van der Waals surface area contributed by atoms with E-state index in [9.17, 15) is 0 Å². The van der Waals surface area contributed by atoms with E-state index >= 15 is 0 Å². The first-order valence-corrected chi connectivity index (χ1v) is 4.31. The van der Waals surface area contributed by atoms with Crippen LogP contribution >= 0.6 is 0 Å². The van der Waals surface area contributed by atoms with Crippen molar-refractivity contribution >= 4 is 0 Å². The molecule has 1 rings (SSSR count). The third-order valence-corrected chi connectivity index (χ3v) is 2.21. The SMILES string of the molecule is C=C(CCO)CC1CCNC1. The van der Waals surface area contributed by atoms with E-state index in [1.165, 1.54) is 12.0 Å². The Morgan fingerprint density at radius 3 is 3.00 bits per heavy atom. The van der Waals surface area contributed by atoms with Crippen molar-refractivity contribution in [2.45, 2.75) is 19.3 Å². The average molecular weight is 155 g/mol. The molecule has 1 aliphatic heterocycles. The van der Waals surface area contributed by atoms with Gasteiger partial charge in [-0.15, -0.1) is 0 Å². The van der Waals surface area contributed by atoms with Crippen LogP contribution in [0.15, 0.2) is 12.2 Å². The Kier molecular flexibility index (Phi) is 3.60. The Hall–Kier alpha value is -0.340. The molecule has 0 spiro atoms. The molecule has 0 aromatic rings. The molecule has 1 unspecified atom stereocenters. The summed E-state index contributed by atoms with van der Waals surface area (Å²) in [4.78, 5) is 0. The fraction of sp³-hybridized carbons (Fsp3) is 0.778. The maximum Gasteiger partial charge on any atom is 0.0468 e. The molecule has 11 heavy (non-hydrogen) atoms. The Morgan fingerprint density at radius 2 is 2.45 bits per heavy atom. The zero-order valence-electron chi connectivity index (χ0n) is 6.97. The minimum Gasteiger partial charge on any atom is -0.396 e. The van der Waals surface area contributed by atoms with E-state index in [4.69, 9.17) is 5.11 Å². The van der Waals surface area contributed by atoms with Gasteiger partial charge in [-0.25, -0.2) is 0 Å². The first-order chi connectivity index (χ1) is 5.33. The molecule has 0 aromatic heterocycles. The van der Waals surface area contributed by atoms with Crippen molar-refractivity contribution in [2.75, 3.05) is 19.7 Å². The maximum atomic E-state index is 8.63. The lowest BCUT2D eigenvalue weighted by Gasteiger charge is -2.08. The Morgan fingerprint density at radius 1 is 1.64 bits per heavy atom. The first kappa shape index (κ1) is 8.75. The van der Waals surface area contributed by atoms with E-state index in [1.54, 1.807) is 0 Å². The molecular weight excluding hydrogens is 138 g/mol. The normalized spacial score (nSPS) is 23.9. The molecule has 64 valence electrons. The molecule has 1 saturated heterocycles. The molecule has 1 fully saturated rings. The molecule has 2 N–H and O–H groups in total. The molecule has 2 heteroatoms. The van der Waals surface area contributed by atoms with E-state index in [0.717, 1.165) is 31.8 Å². The zero-order valence-corrected chi connectivity index (χ0v) is 6.97. The monoisotopic (exact) mass is 155 g/mol. The summed E-state index contributed by atoms with van der Waals surface area (Å²) in [5.41, 5.74) is 1.20. The van der Waals surface area contributed by atoms with Crippen molar-refractivity contribution in [3.63, 3.8) is 0 Å². The standard InChI is InChI=1S/C9H17NO/c1-8(3-5-11)6-9-2-4-10-7-9/h9-11H,1-7H2. The van der Waals surface area contributed by atoms with Crippen LogP contribution in [0.2, 0.25) is 0 Å². The topological polar surface area (TPSA) is 32.3 Å². The van der Waals surface area contributed by atoms with Gasteiger partial charge in [-0.05, 0) is 38.3 Å². The number of aliphatic hydroxyl groups excluding tert-OH is 1. The fourth-order valence-electron chi connectivity index (χ4n) is 1.56. The van der Waals surface area contributed by atoms with Crippen LogP contribution in [-0.2, 0) is 0 Å². The lowest BCUT2D eigenvalue weighted by molar-refractivity contribution is 0.296. The summed E-state index contributed by atoms with van der Waals surface area (Å²) < 4.78 is 0. The van der Waals surface area contributed by atoms with Crippen LogP contribution < -0.4 is 5.32 Å². The van der Waals surface area contributed by atoms with Crippen molar-refractivity contribution in [1.82, 2.24) is 5.32 Å². The number of rotatable bonds is 4. The molecule has 0 saturated carbocycles. The van der Waals surface area contributed by atoms with Crippen LogP contribution in [0.4, 0.5) is 0 Å². The second kappa shape index (κ2) is 4.52. The van der Waals surface area contributed by atoms with Gasteiger partial charge >= 0.3 is 0 Å². The molecule has 0 aliphatic carbocycles.